The van der Waals surface area contributed by atoms with Gasteiger partial charge in [-0.25, -0.2) is 23.1 Å². The van der Waals surface area contributed by atoms with Gasteiger partial charge in [0.05, 0.1) is 16.5 Å². The van der Waals surface area contributed by atoms with Crippen LogP contribution in [0, 0.1) is 0 Å². The van der Waals surface area contributed by atoms with Gasteiger partial charge in [-0.15, -0.1) is 11.3 Å². The molecule has 1 N–H and O–H groups in total. The number of alkyl halides is 3. The maximum atomic E-state index is 13.0. The highest BCUT2D eigenvalue weighted by Crippen LogP contribution is 2.35. The van der Waals surface area contributed by atoms with Crippen molar-refractivity contribution in [3.05, 3.63) is 17.3 Å². The minimum atomic E-state index is -4.61. The quantitative estimate of drug-likeness (QED) is 0.884. The molecule has 2 aromatic heterocycles. The van der Waals surface area contributed by atoms with Gasteiger partial charge in [-0.2, -0.15) is 13.2 Å². The molecule has 2 aromatic rings. The van der Waals surface area contributed by atoms with E-state index in [0.717, 1.165) is 6.26 Å². The zero-order valence-electron chi connectivity index (χ0n) is 12.7. The number of hydrogen-bond donors (Lipinski definition) is 1. The van der Waals surface area contributed by atoms with E-state index in [-0.39, 0.29) is 17.4 Å². The van der Waals surface area contributed by atoms with Crippen molar-refractivity contribution in [2.24, 2.45) is 0 Å². The van der Waals surface area contributed by atoms with E-state index >= 15 is 0 Å². The molecule has 0 atom stereocenters. The molecule has 3 rings (SSSR count). The van der Waals surface area contributed by atoms with Gasteiger partial charge in [0, 0.05) is 19.1 Å². The molecule has 0 saturated carbocycles. The Morgan fingerprint density at radius 1 is 1.29 bits per heavy atom. The summed E-state index contributed by atoms with van der Waals surface area (Å²) in [4.78, 5) is 9.07. The number of nitrogens with one attached hydrogen (secondary N) is 1. The molecule has 6 nitrogen and oxygen atoms in total. The molecule has 1 saturated heterocycles. The van der Waals surface area contributed by atoms with Crippen LogP contribution in [0.4, 0.5) is 19.0 Å². The molecule has 0 unspecified atom stereocenters. The Morgan fingerprint density at radius 3 is 2.54 bits per heavy atom. The Kier molecular flexibility index (Phi) is 4.43. The van der Waals surface area contributed by atoms with Crippen LogP contribution in [0.2, 0.25) is 0 Å². The average molecular weight is 380 g/mol. The lowest BCUT2D eigenvalue weighted by Crippen LogP contribution is -2.44. The molecule has 0 amide bonds. The molecule has 0 aliphatic carbocycles. The Balaban J connectivity index is 1.86. The van der Waals surface area contributed by atoms with Crippen LogP contribution in [0.5, 0.6) is 0 Å². The smallest absolute Gasteiger partial charge is 0.355 e. The molecule has 1 fully saturated rings. The Bertz CT molecular complexity index is 843. The zero-order valence-corrected chi connectivity index (χ0v) is 14.3. The van der Waals surface area contributed by atoms with Crippen LogP contribution in [0.25, 0.3) is 10.2 Å². The van der Waals surface area contributed by atoms with Crippen molar-refractivity contribution in [1.82, 2.24) is 14.7 Å². The maximum Gasteiger partial charge on any atom is 0.451 e. The van der Waals surface area contributed by atoms with E-state index in [4.69, 9.17) is 0 Å². The number of hydrogen-bond acceptors (Lipinski definition) is 6. The van der Waals surface area contributed by atoms with Gasteiger partial charge in [-0.05, 0) is 24.3 Å². The monoisotopic (exact) mass is 380 g/mol. The largest absolute Gasteiger partial charge is 0.451 e. The Labute approximate surface area is 140 Å². The normalized spacial score (nSPS) is 17.6. The first kappa shape index (κ1) is 17.4. The molecule has 24 heavy (non-hydrogen) atoms. The van der Waals surface area contributed by atoms with Gasteiger partial charge in [-0.3, -0.25) is 0 Å². The lowest BCUT2D eigenvalue weighted by Gasteiger charge is -2.33. The number of aromatic nitrogens is 2. The Hall–Kier alpha value is -1.46. The topological polar surface area (TPSA) is 75.2 Å². The molecule has 1 aliphatic rings. The number of piperidine rings is 1. The highest BCUT2D eigenvalue weighted by atomic mass is 32.2. The second kappa shape index (κ2) is 6.12. The predicted molar refractivity (Wildman–Crippen MR) is 85.6 cm³/mol. The Morgan fingerprint density at radius 2 is 1.96 bits per heavy atom. The van der Waals surface area contributed by atoms with Gasteiger partial charge < -0.3 is 4.90 Å². The third-order valence-electron chi connectivity index (χ3n) is 3.71. The van der Waals surface area contributed by atoms with Crippen molar-refractivity contribution in [2.75, 3.05) is 24.2 Å². The van der Waals surface area contributed by atoms with Crippen molar-refractivity contribution in [2.45, 2.75) is 25.1 Å². The van der Waals surface area contributed by atoms with Gasteiger partial charge in [0.15, 0.2) is 5.82 Å². The second-order valence-electron chi connectivity index (χ2n) is 5.65. The van der Waals surface area contributed by atoms with E-state index in [1.165, 1.54) is 11.3 Å². The fraction of sp³-hybridized carbons (Fsp3) is 0.538. The summed E-state index contributed by atoms with van der Waals surface area (Å²) in [7, 11) is -3.30. The van der Waals surface area contributed by atoms with Gasteiger partial charge in [0.1, 0.15) is 0 Å². The van der Waals surface area contributed by atoms with Gasteiger partial charge in [-0.1, -0.05) is 0 Å². The number of nitrogens with zero attached hydrogens (tertiary/aromatic N) is 3. The van der Waals surface area contributed by atoms with Crippen molar-refractivity contribution in [1.29, 1.82) is 0 Å². The lowest BCUT2D eigenvalue weighted by atomic mass is 10.1. The first-order chi connectivity index (χ1) is 11.1. The van der Waals surface area contributed by atoms with Crippen molar-refractivity contribution >= 4 is 37.4 Å². The summed E-state index contributed by atoms with van der Waals surface area (Å²) in [5.41, 5.74) is 0.272. The molecule has 1 aliphatic heterocycles. The van der Waals surface area contributed by atoms with Crippen LogP contribution in [0.15, 0.2) is 11.4 Å². The van der Waals surface area contributed by atoms with E-state index in [9.17, 15) is 21.6 Å². The van der Waals surface area contributed by atoms with E-state index in [1.54, 1.807) is 16.3 Å². The lowest BCUT2D eigenvalue weighted by molar-refractivity contribution is -0.144. The molecule has 0 radical (unpaired) electrons. The summed E-state index contributed by atoms with van der Waals surface area (Å²) in [6.07, 6.45) is -2.51. The number of fused-ring (bicyclic) bond motifs is 1. The molecule has 0 aromatic carbocycles. The molecule has 0 spiro atoms. The minimum Gasteiger partial charge on any atom is -0.355 e. The summed E-state index contributed by atoms with van der Waals surface area (Å²) in [6, 6.07) is 1.33. The zero-order chi connectivity index (χ0) is 17.5. The number of anilines is 1. The minimum absolute atomic E-state index is 0.209. The van der Waals surface area contributed by atoms with Crippen LogP contribution in [0.3, 0.4) is 0 Å². The number of thiophene rings is 1. The van der Waals surface area contributed by atoms with E-state index < -0.39 is 22.0 Å². The van der Waals surface area contributed by atoms with E-state index in [2.05, 4.69) is 14.7 Å². The first-order valence-corrected chi connectivity index (χ1v) is 9.95. The highest BCUT2D eigenvalue weighted by Gasteiger charge is 2.36. The van der Waals surface area contributed by atoms with Crippen LogP contribution in [0.1, 0.15) is 18.7 Å². The van der Waals surface area contributed by atoms with Crippen LogP contribution in [-0.4, -0.2) is 43.8 Å². The average Bonchev–Trinajstić information content (AvgIpc) is 2.93. The number of sulfonamides is 1. The summed E-state index contributed by atoms with van der Waals surface area (Å²) < 4.78 is 64.7. The van der Waals surface area contributed by atoms with Crippen molar-refractivity contribution in [3.8, 4) is 0 Å². The molecular weight excluding hydrogens is 365 g/mol. The summed E-state index contributed by atoms with van der Waals surface area (Å²) >= 11 is 1.29. The fourth-order valence-corrected chi connectivity index (χ4v) is 4.39. The molecule has 132 valence electrons. The standard InChI is InChI=1S/C13H15F3N4O2S2/c1-24(21,22)19-8-2-5-20(6-3-8)11-10-9(4-7-23-10)17-12(18-11)13(14,15)16/h4,7-8,19H,2-3,5-6H2,1H3. The van der Waals surface area contributed by atoms with E-state index in [1.807, 2.05) is 0 Å². The number of halogens is 3. The molecule has 0 bridgehead atoms. The van der Waals surface area contributed by atoms with Crippen LogP contribution in [-0.2, 0) is 16.2 Å². The van der Waals surface area contributed by atoms with Crippen molar-refractivity contribution < 1.29 is 21.6 Å². The van der Waals surface area contributed by atoms with Gasteiger partial charge in [0.2, 0.25) is 15.8 Å². The number of rotatable bonds is 3. The summed E-state index contributed by atoms with van der Waals surface area (Å²) in [5, 5.41) is 1.68. The van der Waals surface area contributed by atoms with Crippen molar-refractivity contribution in [3.63, 3.8) is 0 Å². The van der Waals surface area contributed by atoms with Gasteiger partial charge in [0.25, 0.3) is 0 Å². The van der Waals surface area contributed by atoms with E-state index in [0.29, 0.717) is 30.6 Å². The molecular formula is C13H15F3N4O2S2. The highest BCUT2D eigenvalue weighted by molar-refractivity contribution is 7.88. The van der Waals surface area contributed by atoms with Crippen LogP contribution >= 0.6 is 11.3 Å². The van der Waals surface area contributed by atoms with Crippen LogP contribution < -0.4 is 9.62 Å². The summed E-state index contributed by atoms with van der Waals surface area (Å²) in [6.45, 7) is 0.850. The molecule has 11 heteroatoms. The van der Waals surface area contributed by atoms with Gasteiger partial charge >= 0.3 is 6.18 Å². The summed E-state index contributed by atoms with van der Waals surface area (Å²) in [5.74, 6) is -0.889. The predicted octanol–water partition coefficient (Wildman–Crippen LogP) is 2.23. The second-order valence-corrected chi connectivity index (χ2v) is 8.35. The SMILES string of the molecule is CS(=O)(=O)NC1CCN(c2nc(C(F)(F)F)nc3ccsc23)CC1. The first-order valence-electron chi connectivity index (χ1n) is 7.18. The molecule has 3 heterocycles. The fourth-order valence-electron chi connectivity index (χ4n) is 2.70. The third kappa shape index (κ3) is 3.78. The third-order valence-corrected chi connectivity index (χ3v) is 5.38. The maximum absolute atomic E-state index is 13.0.